The lowest BCUT2D eigenvalue weighted by molar-refractivity contribution is -0.139. The van der Waals surface area contributed by atoms with Crippen LogP contribution in [0.1, 0.15) is 42.0 Å². The van der Waals surface area contributed by atoms with Crippen molar-refractivity contribution in [1.82, 2.24) is 10.2 Å². The first-order valence-corrected chi connectivity index (χ1v) is 14.4. The van der Waals surface area contributed by atoms with Crippen molar-refractivity contribution >= 4 is 39.5 Å². The molecule has 0 spiro atoms. The molecule has 0 radical (unpaired) electrons. The highest BCUT2D eigenvalue weighted by Crippen LogP contribution is 2.20. The Kier molecular flexibility index (Phi) is 11.6. The Labute approximate surface area is 228 Å². The van der Waals surface area contributed by atoms with Crippen LogP contribution in [0.3, 0.4) is 0 Å². The van der Waals surface area contributed by atoms with Gasteiger partial charge in [-0.15, -0.1) is 11.8 Å². The van der Waals surface area contributed by atoms with Gasteiger partial charge in [0.05, 0.1) is 5.75 Å². The van der Waals surface area contributed by atoms with Crippen LogP contribution in [-0.4, -0.2) is 35.1 Å². The molecule has 6 heteroatoms. The lowest BCUT2D eigenvalue weighted by Crippen LogP contribution is -2.51. The number of aryl methyl sites for hydroxylation is 1. The minimum Gasteiger partial charge on any atom is -0.354 e. The van der Waals surface area contributed by atoms with Crippen molar-refractivity contribution in [2.75, 3.05) is 12.3 Å². The number of nitrogens with one attached hydrogen (secondary N) is 1. The Balaban J connectivity index is 1.82. The van der Waals surface area contributed by atoms with Crippen molar-refractivity contribution in [3.8, 4) is 0 Å². The van der Waals surface area contributed by atoms with Crippen molar-refractivity contribution in [2.24, 2.45) is 0 Å². The third-order valence-electron chi connectivity index (χ3n) is 5.94. The molecule has 0 aliphatic heterocycles. The molecule has 1 atom stereocenters. The van der Waals surface area contributed by atoms with Gasteiger partial charge in [0.15, 0.2) is 0 Å². The number of carbonyl (C=O) groups is 2. The smallest absolute Gasteiger partial charge is 0.243 e. The zero-order valence-electron chi connectivity index (χ0n) is 21.1. The lowest BCUT2D eigenvalue weighted by Gasteiger charge is -2.31. The van der Waals surface area contributed by atoms with Gasteiger partial charge in [-0.25, -0.2) is 0 Å². The Hall–Kier alpha value is -2.57. The largest absolute Gasteiger partial charge is 0.354 e. The van der Waals surface area contributed by atoms with Gasteiger partial charge in [0, 0.05) is 29.7 Å². The fourth-order valence-electron chi connectivity index (χ4n) is 3.99. The van der Waals surface area contributed by atoms with E-state index in [4.69, 9.17) is 0 Å². The average molecular weight is 568 g/mol. The van der Waals surface area contributed by atoms with Crippen LogP contribution in [0.25, 0.3) is 0 Å². The van der Waals surface area contributed by atoms with E-state index in [2.05, 4.69) is 46.4 Å². The zero-order chi connectivity index (χ0) is 25.8. The number of rotatable bonds is 13. The van der Waals surface area contributed by atoms with Crippen molar-refractivity contribution in [3.63, 3.8) is 0 Å². The third-order valence-corrected chi connectivity index (χ3v) is 7.46. The number of hydrogen-bond acceptors (Lipinski definition) is 3. The maximum absolute atomic E-state index is 13.7. The van der Waals surface area contributed by atoms with E-state index in [0.717, 1.165) is 39.8 Å². The fraction of sp³-hybridized carbons (Fsp3) is 0.333. The molecule has 1 unspecified atom stereocenters. The molecule has 190 valence electrons. The fourth-order valence-corrected chi connectivity index (χ4v) is 5.12. The number of amides is 2. The minimum atomic E-state index is -0.578. The molecule has 0 saturated carbocycles. The molecule has 0 aliphatic carbocycles. The summed E-state index contributed by atoms with van der Waals surface area (Å²) in [5, 5.41) is 3.08. The van der Waals surface area contributed by atoms with Gasteiger partial charge in [0.2, 0.25) is 11.8 Å². The predicted octanol–water partition coefficient (Wildman–Crippen LogP) is 6.55. The van der Waals surface area contributed by atoms with Gasteiger partial charge in [-0.3, -0.25) is 9.59 Å². The summed E-state index contributed by atoms with van der Waals surface area (Å²) in [6, 6.07) is 25.7. The van der Waals surface area contributed by atoms with Crippen LogP contribution in [0.2, 0.25) is 0 Å². The summed E-state index contributed by atoms with van der Waals surface area (Å²) >= 11 is 5.05. The van der Waals surface area contributed by atoms with E-state index >= 15 is 0 Å². The Bertz CT molecular complexity index is 1110. The summed E-state index contributed by atoms with van der Waals surface area (Å²) in [4.78, 5) is 28.9. The first kappa shape index (κ1) is 28.0. The van der Waals surface area contributed by atoms with Crippen molar-refractivity contribution in [3.05, 3.63) is 106 Å². The summed E-state index contributed by atoms with van der Waals surface area (Å²) < 4.78 is 1.04. The molecule has 36 heavy (non-hydrogen) atoms. The number of carbonyl (C=O) groups excluding carboxylic acids is 2. The quantitative estimate of drug-likeness (QED) is 0.239. The molecule has 0 fully saturated rings. The molecule has 1 N–H and O–H groups in total. The SMILES string of the molecule is CCCCNC(=O)C(Cc1ccccc1)N(Cc1cccc(C)c1)C(=O)CSCc1ccc(Br)cc1. The number of halogens is 1. The van der Waals surface area contributed by atoms with Gasteiger partial charge in [-0.2, -0.15) is 0 Å². The molecule has 4 nitrogen and oxygen atoms in total. The van der Waals surface area contributed by atoms with E-state index < -0.39 is 6.04 Å². The van der Waals surface area contributed by atoms with Crippen molar-refractivity contribution in [1.29, 1.82) is 0 Å². The summed E-state index contributed by atoms with van der Waals surface area (Å²) in [7, 11) is 0. The monoisotopic (exact) mass is 566 g/mol. The Morgan fingerprint density at radius 2 is 1.67 bits per heavy atom. The standard InChI is InChI=1S/C30H35BrN2O2S/c1-3-4-17-32-30(35)28(19-24-10-6-5-7-11-24)33(20-26-12-8-9-23(2)18-26)29(34)22-36-21-25-13-15-27(31)16-14-25/h5-16,18,28H,3-4,17,19-22H2,1-2H3,(H,32,35). The molecular formula is C30H35BrN2O2S. The number of unbranched alkanes of at least 4 members (excludes halogenated alkanes) is 1. The predicted molar refractivity (Wildman–Crippen MR) is 154 cm³/mol. The molecule has 3 rings (SSSR count). The average Bonchev–Trinajstić information content (AvgIpc) is 2.88. The van der Waals surface area contributed by atoms with Crippen LogP contribution in [0.4, 0.5) is 0 Å². The van der Waals surface area contributed by atoms with E-state index in [1.807, 2.05) is 67.6 Å². The third kappa shape index (κ3) is 9.14. The summed E-state index contributed by atoms with van der Waals surface area (Å²) in [6.07, 6.45) is 2.40. The van der Waals surface area contributed by atoms with Crippen LogP contribution < -0.4 is 5.32 Å². The highest BCUT2D eigenvalue weighted by molar-refractivity contribution is 9.10. The molecule has 0 aromatic heterocycles. The number of thioether (sulfide) groups is 1. The van der Waals surface area contributed by atoms with Crippen molar-refractivity contribution in [2.45, 2.75) is 51.4 Å². The second kappa shape index (κ2) is 14.9. The molecule has 3 aromatic rings. The van der Waals surface area contributed by atoms with Gasteiger partial charge in [-0.1, -0.05) is 102 Å². The van der Waals surface area contributed by atoms with Crippen LogP contribution in [0, 0.1) is 6.92 Å². The number of nitrogens with zero attached hydrogens (tertiary/aromatic N) is 1. The van der Waals surface area contributed by atoms with Gasteiger partial charge in [0.1, 0.15) is 6.04 Å². The van der Waals surface area contributed by atoms with Gasteiger partial charge in [0.25, 0.3) is 0 Å². The molecule has 3 aromatic carbocycles. The maximum Gasteiger partial charge on any atom is 0.243 e. The lowest BCUT2D eigenvalue weighted by atomic mass is 10.0. The van der Waals surface area contributed by atoms with E-state index in [-0.39, 0.29) is 11.8 Å². The Morgan fingerprint density at radius 1 is 0.944 bits per heavy atom. The molecule has 0 bridgehead atoms. The van der Waals surface area contributed by atoms with E-state index in [1.165, 1.54) is 5.56 Å². The molecule has 0 heterocycles. The minimum absolute atomic E-state index is 0.0230. The molecule has 0 aliphatic rings. The first-order chi connectivity index (χ1) is 17.5. The first-order valence-electron chi connectivity index (χ1n) is 12.4. The second-order valence-corrected chi connectivity index (χ2v) is 10.9. The number of benzene rings is 3. The van der Waals surface area contributed by atoms with Gasteiger partial charge >= 0.3 is 0 Å². The number of hydrogen-bond donors (Lipinski definition) is 1. The van der Waals surface area contributed by atoms with Crippen molar-refractivity contribution < 1.29 is 9.59 Å². The second-order valence-electron chi connectivity index (χ2n) is 8.98. The van der Waals surface area contributed by atoms with E-state index in [1.54, 1.807) is 16.7 Å². The van der Waals surface area contributed by atoms with Crippen LogP contribution in [0.15, 0.2) is 83.3 Å². The highest BCUT2D eigenvalue weighted by Gasteiger charge is 2.30. The van der Waals surface area contributed by atoms with Gasteiger partial charge < -0.3 is 10.2 Å². The summed E-state index contributed by atoms with van der Waals surface area (Å²) in [5.41, 5.74) is 4.37. The van der Waals surface area contributed by atoms with E-state index in [9.17, 15) is 9.59 Å². The summed E-state index contributed by atoms with van der Waals surface area (Å²) in [6.45, 7) is 5.16. The Morgan fingerprint density at radius 3 is 2.36 bits per heavy atom. The molecule has 2 amide bonds. The normalized spacial score (nSPS) is 11.6. The van der Waals surface area contributed by atoms with Crippen LogP contribution in [0.5, 0.6) is 0 Å². The molecule has 0 saturated heterocycles. The van der Waals surface area contributed by atoms with Gasteiger partial charge in [-0.05, 0) is 42.2 Å². The van der Waals surface area contributed by atoms with Crippen LogP contribution >= 0.6 is 27.7 Å². The highest BCUT2D eigenvalue weighted by atomic mass is 79.9. The maximum atomic E-state index is 13.7. The summed E-state index contributed by atoms with van der Waals surface area (Å²) in [5.74, 6) is 0.940. The van der Waals surface area contributed by atoms with E-state index in [0.29, 0.717) is 25.3 Å². The topological polar surface area (TPSA) is 49.4 Å². The molecular weight excluding hydrogens is 532 g/mol. The van der Waals surface area contributed by atoms with Crippen LogP contribution in [-0.2, 0) is 28.3 Å². The zero-order valence-corrected chi connectivity index (χ0v) is 23.5.